The lowest BCUT2D eigenvalue weighted by Gasteiger charge is -2.19. The largest absolute Gasteiger partial charge is 0.369 e. The maximum atomic E-state index is 11.4. The minimum Gasteiger partial charge on any atom is -0.369 e. The zero-order chi connectivity index (χ0) is 9.84. The molecule has 1 aliphatic carbocycles. The van der Waals surface area contributed by atoms with Crippen molar-refractivity contribution in [1.29, 1.82) is 0 Å². The first-order chi connectivity index (χ1) is 6.16. The Balaban J connectivity index is 2.80. The predicted molar refractivity (Wildman–Crippen MR) is 49.8 cm³/mol. The van der Waals surface area contributed by atoms with E-state index in [-0.39, 0.29) is 17.6 Å². The van der Waals surface area contributed by atoms with Gasteiger partial charge in [-0.2, -0.15) is 0 Å². The zero-order valence-corrected chi connectivity index (χ0v) is 7.57. The summed E-state index contributed by atoms with van der Waals surface area (Å²) in [4.78, 5) is 22.3. The second kappa shape index (κ2) is 4.03. The summed E-state index contributed by atoms with van der Waals surface area (Å²) in [6.45, 7) is 1.86. The molecule has 0 radical (unpaired) electrons. The number of hydrogen-bond acceptors (Lipinski definition) is 2. The second-order valence-electron chi connectivity index (χ2n) is 3.09. The third kappa shape index (κ3) is 2.05. The highest BCUT2D eigenvalue weighted by Crippen LogP contribution is 2.21. The van der Waals surface area contributed by atoms with Gasteiger partial charge in [0.1, 0.15) is 0 Å². The van der Waals surface area contributed by atoms with Gasteiger partial charge in [0.25, 0.3) is 0 Å². The quantitative estimate of drug-likeness (QED) is 0.696. The molecule has 0 fully saturated rings. The van der Waals surface area contributed by atoms with Gasteiger partial charge in [0.15, 0.2) is 5.78 Å². The lowest BCUT2D eigenvalue weighted by molar-refractivity contribution is -0.128. The van der Waals surface area contributed by atoms with Crippen LogP contribution in [0, 0.1) is 11.8 Å². The van der Waals surface area contributed by atoms with E-state index >= 15 is 0 Å². The molecular formula is C10H13NO2. The molecule has 13 heavy (non-hydrogen) atoms. The fourth-order valence-electron chi connectivity index (χ4n) is 1.50. The van der Waals surface area contributed by atoms with E-state index in [1.54, 1.807) is 18.2 Å². The number of nitrogens with two attached hydrogens (primary N) is 1. The van der Waals surface area contributed by atoms with Crippen LogP contribution in [0.1, 0.15) is 13.3 Å². The lowest BCUT2D eigenvalue weighted by Crippen LogP contribution is -2.32. The first kappa shape index (κ1) is 9.71. The van der Waals surface area contributed by atoms with E-state index in [0.29, 0.717) is 6.42 Å². The second-order valence-corrected chi connectivity index (χ2v) is 3.09. The molecule has 0 aromatic rings. The molecule has 1 rings (SSSR count). The summed E-state index contributed by atoms with van der Waals surface area (Å²) >= 11 is 0. The number of ketones is 1. The summed E-state index contributed by atoms with van der Waals surface area (Å²) in [7, 11) is 0. The van der Waals surface area contributed by atoms with Crippen LogP contribution in [-0.2, 0) is 9.59 Å². The molecule has 0 saturated heterocycles. The van der Waals surface area contributed by atoms with E-state index in [2.05, 4.69) is 0 Å². The van der Waals surface area contributed by atoms with Crippen LogP contribution in [0.25, 0.3) is 0 Å². The van der Waals surface area contributed by atoms with Crippen molar-refractivity contribution in [2.75, 3.05) is 0 Å². The number of primary amides is 1. The van der Waals surface area contributed by atoms with Crippen LogP contribution in [0.4, 0.5) is 0 Å². The molecule has 0 aromatic carbocycles. The smallest absolute Gasteiger partial charge is 0.221 e. The highest BCUT2D eigenvalue weighted by molar-refractivity contribution is 5.97. The van der Waals surface area contributed by atoms with E-state index < -0.39 is 5.91 Å². The maximum absolute atomic E-state index is 11.4. The Kier molecular flexibility index (Phi) is 3.01. The minimum atomic E-state index is -0.402. The number of hydrogen-bond donors (Lipinski definition) is 1. The Morgan fingerprint density at radius 2 is 2.31 bits per heavy atom. The van der Waals surface area contributed by atoms with E-state index in [9.17, 15) is 9.59 Å². The van der Waals surface area contributed by atoms with Crippen LogP contribution >= 0.6 is 0 Å². The van der Waals surface area contributed by atoms with Crippen molar-refractivity contribution in [3.8, 4) is 0 Å². The van der Waals surface area contributed by atoms with Crippen molar-refractivity contribution in [3.63, 3.8) is 0 Å². The van der Waals surface area contributed by atoms with Crippen molar-refractivity contribution in [2.45, 2.75) is 13.3 Å². The Morgan fingerprint density at radius 1 is 1.62 bits per heavy atom. The van der Waals surface area contributed by atoms with Crippen LogP contribution in [0.5, 0.6) is 0 Å². The number of amides is 1. The highest BCUT2D eigenvalue weighted by atomic mass is 16.1. The van der Waals surface area contributed by atoms with Crippen molar-refractivity contribution in [1.82, 2.24) is 0 Å². The van der Waals surface area contributed by atoms with Crippen LogP contribution < -0.4 is 5.73 Å². The summed E-state index contributed by atoms with van der Waals surface area (Å²) in [5.41, 5.74) is 5.19. The molecule has 2 atom stereocenters. The molecular weight excluding hydrogens is 166 g/mol. The Morgan fingerprint density at radius 3 is 2.77 bits per heavy atom. The van der Waals surface area contributed by atoms with Gasteiger partial charge in [-0.25, -0.2) is 0 Å². The fourth-order valence-corrected chi connectivity index (χ4v) is 1.50. The van der Waals surface area contributed by atoms with E-state index in [4.69, 9.17) is 5.73 Å². The normalized spacial score (nSPS) is 23.2. The fraction of sp³-hybridized carbons (Fsp3) is 0.400. The summed E-state index contributed by atoms with van der Waals surface area (Å²) < 4.78 is 0. The molecule has 0 heterocycles. The molecule has 0 spiro atoms. The van der Waals surface area contributed by atoms with E-state index in [1.165, 1.54) is 6.08 Å². The molecule has 70 valence electrons. The molecule has 2 N–H and O–H groups in total. The van der Waals surface area contributed by atoms with Crippen LogP contribution in [-0.4, -0.2) is 11.7 Å². The maximum Gasteiger partial charge on any atom is 0.221 e. The molecule has 0 saturated carbocycles. The molecule has 1 aliphatic rings. The van der Waals surface area contributed by atoms with Crippen molar-refractivity contribution >= 4 is 11.7 Å². The number of carbonyl (C=O) groups excluding carboxylic acids is 2. The van der Waals surface area contributed by atoms with Gasteiger partial charge in [-0.15, -0.1) is 0 Å². The Labute approximate surface area is 77.3 Å². The van der Waals surface area contributed by atoms with Gasteiger partial charge < -0.3 is 5.73 Å². The Bertz CT molecular complexity index is 279. The summed E-state index contributed by atoms with van der Waals surface area (Å²) in [5.74, 6) is -1.16. The summed E-state index contributed by atoms with van der Waals surface area (Å²) in [5, 5.41) is 0. The number of allylic oxidation sites excluding steroid dienone is 4. The van der Waals surface area contributed by atoms with Crippen LogP contribution in [0.2, 0.25) is 0 Å². The first-order valence-corrected chi connectivity index (χ1v) is 4.34. The molecule has 3 nitrogen and oxygen atoms in total. The SMILES string of the molecule is CCC(C(N)=O)C1C=CC=CC1=O. The van der Waals surface area contributed by atoms with Gasteiger partial charge in [0, 0.05) is 0 Å². The van der Waals surface area contributed by atoms with Gasteiger partial charge >= 0.3 is 0 Å². The molecule has 2 unspecified atom stereocenters. The molecule has 1 amide bonds. The van der Waals surface area contributed by atoms with Crippen molar-refractivity contribution in [2.24, 2.45) is 17.6 Å². The average molecular weight is 179 g/mol. The molecule has 0 aromatic heterocycles. The van der Waals surface area contributed by atoms with Crippen LogP contribution in [0.15, 0.2) is 24.3 Å². The van der Waals surface area contributed by atoms with Gasteiger partial charge in [-0.05, 0) is 12.5 Å². The molecule has 3 heteroatoms. The lowest BCUT2D eigenvalue weighted by atomic mass is 9.84. The zero-order valence-electron chi connectivity index (χ0n) is 7.57. The minimum absolute atomic E-state index is 0.0341. The van der Waals surface area contributed by atoms with Crippen molar-refractivity contribution < 1.29 is 9.59 Å². The third-order valence-electron chi connectivity index (χ3n) is 2.26. The predicted octanol–water partition coefficient (Wildman–Crippen LogP) is 0.809. The molecule has 0 bridgehead atoms. The van der Waals surface area contributed by atoms with Gasteiger partial charge in [-0.1, -0.05) is 25.2 Å². The van der Waals surface area contributed by atoms with E-state index in [1.807, 2.05) is 6.92 Å². The third-order valence-corrected chi connectivity index (χ3v) is 2.26. The average Bonchev–Trinajstić information content (AvgIpc) is 2.09. The topological polar surface area (TPSA) is 60.2 Å². The van der Waals surface area contributed by atoms with Crippen LogP contribution in [0.3, 0.4) is 0 Å². The first-order valence-electron chi connectivity index (χ1n) is 4.34. The number of rotatable bonds is 3. The number of carbonyl (C=O) groups is 2. The highest BCUT2D eigenvalue weighted by Gasteiger charge is 2.28. The summed E-state index contributed by atoms with van der Waals surface area (Å²) in [6.07, 6.45) is 7.27. The van der Waals surface area contributed by atoms with Gasteiger partial charge in [0.2, 0.25) is 5.91 Å². The van der Waals surface area contributed by atoms with Crippen molar-refractivity contribution in [3.05, 3.63) is 24.3 Å². The van der Waals surface area contributed by atoms with Gasteiger partial charge in [0.05, 0.1) is 11.8 Å². The van der Waals surface area contributed by atoms with E-state index in [0.717, 1.165) is 0 Å². The van der Waals surface area contributed by atoms with Gasteiger partial charge in [-0.3, -0.25) is 9.59 Å². The molecule has 0 aliphatic heterocycles. The monoisotopic (exact) mass is 179 g/mol. The standard InChI is InChI=1S/C10H13NO2/c1-2-7(10(11)13)8-5-3-4-6-9(8)12/h3-8H,2H2,1H3,(H2,11,13). The Hall–Kier alpha value is -1.38. The summed E-state index contributed by atoms with van der Waals surface area (Å²) in [6, 6.07) is 0.